The molecular weight excluding hydrogens is 217 g/mol. The smallest absolute Gasteiger partial charge is 0.342 e. The Morgan fingerprint density at radius 3 is 2.69 bits per heavy atom. The van der Waals surface area contributed by atoms with Gasteiger partial charge in [-0.3, -0.25) is 0 Å². The van der Waals surface area contributed by atoms with Gasteiger partial charge in [-0.1, -0.05) is 23.2 Å². The molecule has 0 atom stereocenters. The van der Waals surface area contributed by atoms with Crippen molar-refractivity contribution >= 4 is 29.2 Å². The van der Waals surface area contributed by atoms with Gasteiger partial charge in [-0.05, 0) is 6.07 Å². The minimum Gasteiger partial charge on any atom is -0.480 e. The van der Waals surface area contributed by atoms with Crippen molar-refractivity contribution in [1.29, 1.82) is 0 Å². The lowest BCUT2D eigenvalue weighted by atomic mass is 10.3. The van der Waals surface area contributed by atoms with Crippen molar-refractivity contribution in [3.8, 4) is 5.88 Å². The van der Waals surface area contributed by atoms with Gasteiger partial charge in [-0.25, -0.2) is 9.78 Å². The molecule has 0 aliphatic heterocycles. The first kappa shape index (κ1) is 10.1. The van der Waals surface area contributed by atoms with Gasteiger partial charge in [0.05, 0.1) is 12.1 Å². The van der Waals surface area contributed by atoms with Crippen LogP contribution in [0.3, 0.4) is 0 Å². The first-order valence-corrected chi connectivity index (χ1v) is 3.95. The number of aromatic carboxylic acids is 1. The average molecular weight is 222 g/mol. The Kier molecular flexibility index (Phi) is 2.95. The van der Waals surface area contributed by atoms with Crippen molar-refractivity contribution in [3.63, 3.8) is 0 Å². The lowest BCUT2D eigenvalue weighted by molar-refractivity contribution is 0.0692. The zero-order chi connectivity index (χ0) is 10.0. The predicted molar refractivity (Wildman–Crippen MR) is 47.8 cm³/mol. The van der Waals surface area contributed by atoms with Crippen LogP contribution >= 0.6 is 23.2 Å². The number of halogens is 2. The average Bonchev–Trinajstić information content (AvgIpc) is 2.01. The summed E-state index contributed by atoms with van der Waals surface area (Å²) in [5.41, 5.74) is -0.187. The maximum absolute atomic E-state index is 10.7. The van der Waals surface area contributed by atoms with E-state index in [2.05, 4.69) is 4.98 Å². The molecule has 70 valence electrons. The Balaban J connectivity index is 3.38. The first-order valence-electron chi connectivity index (χ1n) is 3.19. The molecule has 1 heterocycles. The number of aromatic nitrogens is 1. The van der Waals surface area contributed by atoms with E-state index in [0.717, 1.165) is 0 Å². The molecule has 0 radical (unpaired) electrons. The highest BCUT2D eigenvalue weighted by Crippen LogP contribution is 2.27. The summed E-state index contributed by atoms with van der Waals surface area (Å²) in [4.78, 5) is 14.3. The summed E-state index contributed by atoms with van der Waals surface area (Å²) >= 11 is 11.2. The van der Waals surface area contributed by atoms with E-state index in [1.807, 2.05) is 0 Å². The third kappa shape index (κ3) is 2.02. The van der Waals surface area contributed by atoms with Crippen molar-refractivity contribution < 1.29 is 14.6 Å². The Bertz CT molecular complexity index is 354. The van der Waals surface area contributed by atoms with E-state index in [4.69, 9.17) is 33.0 Å². The summed E-state index contributed by atoms with van der Waals surface area (Å²) in [6.07, 6.45) is 0. The van der Waals surface area contributed by atoms with Crippen LogP contribution in [0.1, 0.15) is 10.4 Å². The van der Waals surface area contributed by atoms with Crippen LogP contribution in [-0.4, -0.2) is 23.2 Å². The highest BCUT2D eigenvalue weighted by molar-refractivity contribution is 6.36. The molecule has 0 aliphatic carbocycles. The minimum absolute atomic E-state index is 0.00403. The molecule has 0 aromatic carbocycles. The number of rotatable bonds is 2. The van der Waals surface area contributed by atoms with E-state index in [0.29, 0.717) is 0 Å². The lowest BCUT2D eigenvalue weighted by Crippen LogP contribution is -2.03. The molecule has 0 saturated carbocycles. The number of pyridine rings is 1. The summed E-state index contributed by atoms with van der Waals surface area (Å²) in [6.45, 7) is 0. The fourth-order valence-corrected chi connectivity index (χ4v) is 1.31. The zero-order valence-corrected chi connectivity index (χ0v) is 8.06. The molecule has 0 fully saturated rings. The van der Waals surface area contributed by atoms with Gasteiger partial charge >= 0.3 is 5.97 Å². The summed E-state index contributed by atoms with van der Waals surface area (Å²) in [5.74, 6) is -1.30. The molecule has 13 heavy (non-hydrogen) atoms. The molecule has 1 aromatic rings. The molecule has 0 aliphatic rings. The summed E-state index contributed by atoms with van der Waals surface area (Å²) in [5, 5.41) is 8.81. The van der Waals surface area contributed by atoms with Crippen LogP contribution in [0.15, 0.2) is 6.07 Å². The number of carboxylic acids is 1. The van der Waals surface area contributed by atoms with E-state index in [1.165, 1.54) is 13.2 Å². The number of ether oxygens (including phenoxy) is 1. The molecule has 0 bridgehead atoms. The minimum atomic E-state index is -1.20. The van der Waals surface area contributed by atoms with E-state index in [9.17, 15) is 4.79 Å². The summed E-state index contributed by atoms with van der Waals surface area (Å²) in [6, 6.07) is 1.25. The Morgan fingerprint density at radius 2 is 2.23 bits per heavy atom. The summed E-state index contributed by atoms with van der Waals surface area (Å²) in [7, 11) is 1.29. The number of hydrogen-bond donors (Lipinski definition) is 1. The third-order valence-corrected chi connectivity index (χ3v) is 1.81. The third-order valence-electron chi connectivity index (χ3n) is 1.31. The first-order chi connectivity index (χ1) is 6.06. The van der Waals surface area contributed by atoms with Crippen LogP contribution in [-0.2, 0) is 0 Å². The molecule has 0 spiro atoms. The number of carboxylic acid groups (broad SMARTS) is 1. The molecule has 4 nitrogen and oxygen atoms in total. The van der Waals surface area contributed by atoms with Crippen molar-refractivity contribution in [2.24, 2.45) is 0 Å². The van der Waals surface area contributed by atoms with Gasteiger partial charge in [-0.2, -0.15) is 0 Å². The standard InChI is InChI=1S/C7H5Cl2NO3/c1-13-6-5(7(11)12)3(8)2-4(9)10-6/h2H,1H3,(H,11,12). The van der Waals surface area contributed by atoms with Crippen LogP contribution in [0, 0.1) is 0 Å². The highest BCUT2D eigenvalue weighted by Gasteiger charge is 2.17. The van der Waals surface area contributed by atoms with Crippen molar-refractivity contribution in [2.45, 2.75) is 0 Å². The molecule has 0 unspecified atom stereocenters. The second kappa shape index (κ2) is 3.81. The van der Waals surface area contributed by atoms with Crippen LogP contribution < -0.4 is 4.74 Å². The largest absolute Gasteiger partial charge is 0.480 e. The Labute approximate surface area is 84.1 Å². The van der Waals surface area contributed by atoms with Gasteiger partial charge < -0.3 is 9.84 Å². The zero-order valence-electron chi connectivity index (χ0n) is 6.54. The van der Waals surface area contributed by atoms with Gasteiger partial charge in [0.1, 0.15) is 10.7 Å². The van der Waals surface area contributed by atoms with Gasteiger partial charge in [0.15, 0.2) is 0 Å². The van der Waals surface area contributed by atoms with Gasteiger partial charge in [0, 0.05) is 0 Å². The monoisotopic (exact) mass is 221 g/mol. The fourth-order valence-electron chi connectivity index (χ4n) is 0.805. The molecule has 0 amide bonds. The Hall–Kier alpha value is -1.00. The van der Waals surface area contributed by atoms with Gasteiger partial charge in [0.25, 0.3) is 0 Å². The number of methoxy groups -OCH3 is 1. The quantitative estimate of drug-likeness (QED) is 0.778. The number of nitrogens with zero attached hydrogens (tertiary/aromatic N) is 1. The normalized spacial score (nSPS) is 9.77. The maximum atomic E-state index is 10.7. The van der Waals surface area contributed by atoms with Crippen LogP contribution in [0.4, 0.5) is 0 Å². The topological polar surface area (TPSA) is 59.4 Å². The summed E-state index contributed by atoms with van der Waals surface area (Å²) < 4.78 is 4.71. The number of carbonyl (C=O) groups is 1. The van der Waals surface area contributed by atoms with Crippen LogP contribution in [0.5, 0.6) is 5.88 Å². The van der Waals surface area contributed by atoms with E-state index in [1.54, 1.807) is 0 Å². The van der Waals surface area contributed by atoms with Crippen molar-refractivity contribution in [3.05, 3.63) is 21.8 Å². The lowest BCUT2D eigenvalue weighted by Gasteiger charge is -2.05. The molecule has 1 aromatic heterocycles. The van der Waals surface area contributed by atoms with E-state index >= 15 is 0 Å². The maximum Gasteiger partial charge on any atom is 0.342 e. The van der Waals surface area contributed by atoms with Crippen LogP contribution in [0.25, 0.3) is 0 Å². The Morgan fingerprint density at radius 1 is 1.62 bits per heavy atom. The highest BCUT2D eigenvalue weighted by atomic mass is 35.5. The molecule has 1 rings (SSSR count). The molecule has 6 heteroatoms. The molecule has 0 saturated heterocycles. The molecule has 1 N–H and O–H groups in total. The second-order valence-electron chi connectivity index (χ2n) is 2.12. The predicted octanol–water partition coefficient (Wildman–Crippen LogP) is 2.10. The second-order valence-corrected chi connectivity index (χ2v) is 2.91. The van der Waals surface area contributed by atoms with Crippen LogP contribution in [0.2, 0.25) is 10.2 Å². The van der Waals surface area contributed by atoms with Crippen molar-refractivity contribution in [2.75, 3.05) is 7.11 Å². The van der Waals surface area contributed by atoms with E-state index < -0.39 is 5.97 Å². The van der Waals surface area contributed by atoms with Gasteiger partial charge in [0.2, 0.25) is 5.88 Å². The molecular formula is C7H5Cl2NO3. The van der Waals surface area contributed by atoms with Gasteiger partial charge in [-0.15, -0.1) is 0 Å². The fraction of sp³-hybridized carbons (Fsp3) is 0.143. The van der Waals surface area contributed by atoms with Crippen molar-refractivity contribution in [1.82, 2.24) is 4.98 Å². The van der Waals surface area contributed by atoms with E-state index in [-0.39, 0.29) is 21.6 Å². The SMILES string of the molecule is COc1nc(Cl)cc(Cl)c1C(=O)O. The number of hydrogen-bond acceptors (Lipinski definition) is 3.